The minimum atomic E-state index is -3.29. The van der Waals surface area contributed by atoms with E-state index in [0.717, 1.165) is 23.3 Å². The van der Waals surface area contributed by atoms with Crippen LogP contribution >= 0.6 is 11.3 Å². The Bertz CT molecular complexity index is 846. The lowest BCUT2D eigenvalue weighted by atomic mass is 10.2. The Morgan fingerprint density at radius 2 is 2.00 bits per heavy atom. The molecule has 24 heavy (non-hydrogen) atoms. The van der Waals surface area contributed by atoms with Gasteiger partial charge in [0.25, 0.3) is 5.91 Å². The first-order valence-electron chi connectivity index (χ1n) is 7.53. The van der Waals surface area contributed by atoms with Crippen LogP contribution in [0.5, 0.6) is 0 Å². The van der Waals surface area contributed by atoms with Crippen LogP contribution in [0.3, 0.4) is 0 Å². The number of nitrogens with zero attached hydrogens (tertiary/aromatic N) is 3. The third kappa shape index (κ3) is 3.63. The van der Waals surface area contributed by atoms with Crippen molar-refractivity contribution >= 4 is 33.0 Å². The standard InChI is InChI=1S/C15H18N4O3S2/c1-10-5-7-11(8-6-10)16-13(20)15-18-17-14(23-15)12-4-3-9-19(12)24(2,21)22/h5-8,12H,3-4,9H2,1-2H3,(H,16,20). The van der Waals surface area contributed by atoms with Crippen molar-refractivity contribution in [2.45, 2.75) is 25.8 Å². The molecule has 1 aliphatic heterocycles. The molecule has 7 nitrogen and oxygen atoms in total. The van der Waals surface area contributed by atoms with Crippen molar-refractivity contribution in [2.75, 3.05) is 18.1 Å². The van der Waals surface area contributed by atoms with Crippen LogP contribution in [0.4, 0.5) is 5.69 Å². The van der Waals surface area contributed by atoms with Gasteiger partial charge in [0.15, 0.2) is 0 Å². The summed E-state index contributed by atoms with van der Waals surface area (Å²) in [6.07, 6.45) is 2.67. The van der Waals surface area contributed by atoms with Gasteiger partial charge in [-0.3, -0.25) is 4.79 Å². The van der Waals surface area contributed by atoms with Gasteiger partial charge < -0.3 is 5.32 Å². The number of aromatic nitrogens is 2. The predicted molar refractivity (Wildman–Crippen MR) is 92.6 cm³/mol. The van der Waals surface area contributed by atoms with E-state index in [1.807, 2.05) is 31.2 Å². The molecule has 1 aliphatic rings. The second kappa shape index (κ2) is 6.58. The molecule has 0 aliphatic carbocycles. The highest BCUT2D eigenvalue weighted by atomic mass is 32.2. The molecule has 128 valence electrons. The van der Waals surface area contributed by atoms with Crippen molar-refractivity contribution < 1.29 is 13.2 Å². The summed E-state index contributed by atoms with van der Waals surface area (Å²) in [4.78, 5) is 12.3. The van der Waals surface area contributed by atoms with E-state index >= 15 is 0 Å². The second-order valence-corrected chi connectivity index (χ2v) is 8.74. The molecular weight excluding hydrogens is 348 g/mol. The van der Waals surface area contributed by atoms with Gasteiger partial charge in [-0.15, -0.1) is 10.2 Å². The number of hydrogen-bond donors (Lipinski definition) is 1. The van der Waals surface area contributed by atoms with Crippen LogP contribution in [-0.2, 0) is 10.0 Å². The molecule has 1 saturated heterocycles. The van der Waals surface area contributed by atoms with Gasteiger partial charge in [0.05, 0.1) is 12.3 Å². The van der Waals surface area contributed by atoms with E-state index in [9.17, 15) is 13.2 Å². The third-order valence-corrected chi connectivity index (χ3v) is 6.17. The first-order chi connectivity index (χ1) is 11.3. The van der Waals surface area contributed by atoms with Crippen molar-refractivity contribution in [3.8, 4) is 0 Å². The molecular formula is C15H18N4O3S2. The maximum absolute atomic E-state index is 12.3. The number of benzene rings is 1. The molecule has 2 aromatic rings. The van der Waals surface area contributed by atoms with Gasteiger partial charge in [-0.25, -0.2) is 8.42 Å². The fourth-order valence-corrected chi connectivity index (χ4v) is 4.75. The van der Waals surface area contributed by atoms with Crippen molar-refractivity contribution in [3.05, 3.63) is 39.8 Å². The van der Waals surface area contributed by atoms with Crippen molar-refractivity contribution in [1.82, 2.24) is 14.5 Å². The number of aryl methyl sites for hydroxylation is 1. The number of anilines is 1. The summed E-state index contributed by atoms with van der Waals surface area (Å²) in [6.45, 7) is 2.45. The van der Waals surface area contributed by atoms with Crippen LogP contribution in [0.1, 0.15) is 39.3 Å². The van der Waals surface area contributed by atoms with Crippen LogP contribution in [-0.4, -0.2) is 41.6 Å². The van der Waals surface area contributed by atoms with Gasteiger partial charge in [0, 0.05) is 12.2 Å². The van der Waals surface area contributed by atoms with Crippen molar-refractivity contribution in [3.63, 3.8) is 0 Å². The minimum Gasteiger partial charge on any atom is -0.320 e. The number of hydrogen-bond acceptors (Lipinski definition) is 6. The molecule has 1 aromatic carbocycles. The number of carbonyl (C=O) groups is 1. The predicted octanol–water partition coefficient (Wildman–Crippen LogP) is 2.20. The quantitative estimate of drug-likeness (QED) is 0.895. The first-order valence-corrected chi connectivity index (χ1v) is 10.2. The van der Waals surface area contributed by atoms with Crippen LogP contribution in [0.15, 0.2) is 24.3 Å². The largest absolute Gasteiger partial charge is 0.320 e. The molecule has 2 heterocycles. The molecule has 0 radical (unpaired) electrons. The molecule has 1 aromatic heterocycles. The Labute approximate surface area is 144 Å². The fourth-order valence-electron chi connectivity index (χ4n) is 2.67. The van der Waals surface area contributed by atoms with Gasteiger partial charge in [0.2, 0.25) is 15.0 Å². The van der Waals surface area contributed by atoms with Gasteiger partial charge >= 0.3 is 0 Å². The van der Waals surface area contributed by atoms with Crippen LogP contribution in [0, 0.1) is 6.92 Å². The second-order valence-electron chi connectivity index (χ2n) is 5.80. The SMILES string of the molecule is Cc1ccc(NC(=O)c2nnc(C3CCCN3S(C)(=O)=O)s2)cc1. The summed E-state index contributed by atoms with van der Waals surface area (Å²) in [5.74, 6) is -0.341. The van der Waals surface area contributed by atoms with E-state index in [1.165, 1.54) is 10.6 Å². The summed E-state index contributed by atoms with van der Waals surface area (Å²) in [7, 11) is -3.29. The van der Waals surface area contributed by atoms with Gasteiger partial charge in [0.1, 0.15) is 5.01 Å². The summed E-state index contributed by atoms with van der Waals surface area (Å²) in [5, 5.41) is 11.5. The molecule has 1 fully saturated rings. The Morgan fingerprint density at radius 3 is 2.67 bits per heavy atom. The zero-order valence-corrected chi connectivity index (χ0v) is 15.0. The Morgan fingerprint density at radius 1 is 1.29 bits per heavy atom. The smallest absolute Gasteiger partial charge is 0.286 e. The van der Waals surface area contributed by atoms with E-state index in [2.05, 4.69) is 15.5 Å². The average molecular weight is 366 g/mol. The third-order valence-electron chi connectivity index (χ3n) is 3.86. The molecule has 0 spiro atoms. The zero-order chi connectivity index (χ0) is 17.3. The van der Waals surface area contributed by atoms with Crippen LogP contribution in [0.2, 0.25) is 0 Å². The molecule has 0 saturated carbocycles. The summed E-state index contributed by atoms with van der Waals surface area (Å²) < 4.78 is 25.1. The number of sulfonamides is 1. The number of amides is 1. The maximum atomic E-state index is 12.3. The fraction of sp³-hybridized carbons (Fsp3) is 0.400. The molecule has 1 atom stereocenters. The first kappa shape index (κ1) is 17.0. The Balaban J connectivity index is 1.75. The molecule has 3 rings (SSSR count). The van der Waals surface area contributed by atoms with Crippen LogP contribution in [0.25, 0.3) is 0 Å². The molecule has 1 unspecified atom stereocenters. The van der Waals surface area contributed by atoms with Crippen LogP contribution < -0.4 is 5.32 Å². The maximum Gasteiger partial charge on any atom is 0.286 e. The number of carbonyl (C=O) groups excluding carboxylic acids is 1. The average Bonchev–Trinajstić information content (AvgIpc) is 3.17. The lowest BCUT2D eigenvalue weighted by Crippen LogP contribution is -2.29. The van der Waals surface area contributed by atoms with Gasteiger partial charge in [-0.05, 0) is 31.9 Å². The van der Waals surface area contributed by atoms with Gasteiger partial charge in [-0.1, -0.05) is 29.0 Å². The summed E-state index contributed by atoms with van der Waals surface area (Å²) >= 11 is 1.14. The minimum absolute atomic E-state index is 0.228. The number of nitrogens with one attached hydrogen (secondary N) is 1. The summed E-state index contributed by atoms with van der Waals surface area (Å²) in [5.41, 5.74) is 1.79. The van der Waals surface area contributed by atoms with E-state index in [0.29, 0.717) is 23.7 Å². The Hall–Kier alpha value is -1.84. The van der Waals surface area contributed by atoms with Crippen molar-refractivity contribution in [1.29, 1.82) is 0 Å². The topological polar surface area (TPSA) is 92.3 Å². The highest BCUT2D eigenvalue weighted by Gasteiger charge is 2.35. The van der Waals surface area contributed by atoms with Crippen molar-refractivity contribution in [2.24, 2.45) is 0 Å². The van der Waals surface area contributed by atoms with Gasteiger partial charge in [-0.2, -0.15) is 4.31 Å². The van der Waals surface area contributed by atoms with E-state index in [-0.39, 0.29) is 17.0 Å². The highest BCUT2D eigenvalue weighted by molar-refractivity contribution is 7.88. The monoisotopic (exact) mass is 366 g/mol. The van der Waals surface area contributed by atoms with E-state index in [4.69, 9.17) is 0 Å². The number of rotatable bonds is 4. The molecule has 1 N–H and O–H groups in total. The Kier molecular flexibility index (Phi) is 4.66. The summed E-state index contributed by atoms with van der Waals surface area (Å²) in [6, 6.07) is 7.13. The molecule has 1 amide bonds. The zero-order valence-electron chi connectivity index (χ0n) is 13.4. The van der Waals surface area contributed by atoms with E-state index in [1.54, 1.807) is 0 Å². The highest BCUT2D eigenvalue weighted by Crippen LogP contribution is 2.35. The molecule has 9 heteroatoms. The normalized spacial score (nSPS) is 18.7. The lowest BCUT2D eigenvalue weighted by Gasteiger charge is -2.19. The lowest BCUT2D eigenvalue weighted by molar-refractivity contribution is 0.102. The molecule has 0 bridgehead atoms. The van der Waals surface area contributed by atoms with E-state index < -0.39 is 10.0 Å².